The third kappa shape index (κ3) is 5.89. The highest BCUT2D eigenvalue weighted by Crippen LogP contribution is 2.22. The standard InChI is InChI=1S/C14H19N3O6/c1-9(2)7-10(14(19)22-3)16-12(18)8-23-11-5-4-6-15-13(11)17(20)21/h4-6,9-10H,7-8H2,1-3H3,(H,16,18)/t10-/m0/s1. The fourth-order valence-electron chi connectivity index (χ4n) is 1.84. The summed E-state index contributed by atoms with van der Waals surface area (Å²) in [7, 11) is 1.23. The number of pyridine rings is 1. The number of hydrogen-bond acceptors (Lipinski definition) is 7. The van der Waals surface area contributed by atoms with Gasteiger partial charge in [-0.15, -0.1) is 0 Å². The minimum atomic E-state index is -0.792. The van der Waals surface area contributed by atoms with Crippen molar-refractivity contribution in [2.75, 3.05) is 13.7 Å². The molecular weight excluding hydrogens is 306 g/mol. The number of carbonyl (C=O) groups is 2. The molecule has 126 valence electrons. The zero-order valence-corrected chi connectivity index (χ0v) is 13.1. The van der Waals surface area contributed by atoms with Crippen LogP contribution in [0.2, 0.25) is 0 Å². The van der Waals surface area contributed by atoms with Gasteiger partial charge in [-0.3, -0.25) is 4.79 Å². The van der Waals surface area contributed by atoms with Gasteiger partial charge in [0, 0.05) is 0 Å². The summed E-state index contributed by atoms with van der Waals surface area (Å²) in [6, 6.07) is 2.00. The van der Waals surface area contributed by atoms with Gasteiger partial charge in [-0.1, -0.05) is 13.8 Å². The molecule has 0 saturated heterocycles. The van der Waals surface area contributed by atoms with Gasteiger partial charge >= 0.3 is 11.8 Å². The van der Waals surface area contributed by atoms with Crippen LogP contribution in [-0.2, 0) is 14.3 Å². The highest BCUT2D eigenvalue weighted by atomic mass is 16.6. The SMILES string of the molecule is COC(=O)[C@H](CC(C)C)NC(=O)COc1cccnc1[N+](=O)[O-]. The number of aromatic nitrogens is 1. The molecule has 0 bridgehead atoms. The van der Waals surface area contributed by atoms with Crippen LogP contribution in [0.15, 0.2) is 18.3 Å². The molecular formula is C14H19N3O6. The van der Waals surface area contributed by atoms with E-state index in [1.165, 1.54) is 25.4 Å². The summed E-state index contributed by atoms with van der Waals surface area (Å²) in [6.07, 6.45) is 1.66. The van der Waals surface area contributed by atoms with E-state index in [1.54, 1.807) is 0 Å². The summed E-state index contributed by atoms with van der Waals surface area (Å²) >= 11 is 0. The van der Waals surface area contributed by atoms with E-state index in [4.69, 9.17) is 4.74 Å². The number of esters is 1. The van der Waals surface area contributed by atoms with Crippen LogP contribution in [0.3, 0.4) is 0 Å². The highest BCUT2D eigenvalue weighted by Gasteiger charge is 2.23. The highest BCUT2D eigenvalue weighted by molar-refractivity contribution is 5.85. The summed E-state index contributed by atoms with van der Waals surface area (Å²) in [5, 5.41) is 13.3. The summed E-state index contributed by atoms with van der Waals surface area (Å²) in [5.41, 5.74) is 0. The summed E-state index contributed by atoms with van der Waals surface area (Å²) in [4.78, 5) is 37.2. The number of ether oxygens (including phenoxy) is 2. The molecule has 23 heavy (non-hydrogen) atoms. The molecule has 0 aliphatic heterocycles. The molecule has 1 N–H and O–H groups in total. The van der Waals surface area contributed by atoms with E-state index in [-0.39, 0.29) is 11.7 Å². The molecule has 0 aromatic carbocycles. The van der Waals surface area contributed by atoms with Gasteiger partial charge in [-0.25, -0.2) is 4.79 Å². The van der Waals surface area contributed by atoms with Gasteiger partial charge in [0.25, 0.3) is 5.91 Å². The first-order valence-corrected chi connectivity index (χ1v) is 6.94. The van der Waals surface area contributed by atoms with E-state index in [0.29, 0.717) is 6.42 Å². The number of hydrogen-bond donors (Lipinski definition) is 1. The number of nitrogens with zero attached hydrogens (tertiary/aromatic N) is 2. The van der Waals surface area contributed by atoms with Crippen molar-refractivity contribution in [2.24, 2.45) is 5.92 Å². The number of rotatable bonds is 8. The molecule has 0 spiro atoms. The maximum absolute atomic E-state index is 11.9. The van der Waals surface area contributed by atoms with Crippen LogP contribution in [0.25, 0.3) is 0 Å². The molecule has 1 atom stereocenters. The van der Waals surface area contributed by atoms with E-state index in [9.17, 15) is 19.7 Å². The number of nitro groups is 1. The van der Waals surface area contributed by atoms with Gasteiger partial charge < -0.3 is 24.9 Å². The zero-order chi connectivity index (χ0) is 17.4. The van der Waals surface area contributed by atoms with Crippen LogP contribution in [0.1, 0.15) is 20.3 Å². The van der Waals surface area contributed by atoms with Crippen LogP contribution in [0.5, 0.6) is 5.75 Å². The van der Waals surface area contributed by atoms with Crippen LogP contribution >= 0.6 is 0 Å². The van der Waals surface area contributed by atoms with E-state index in [1.807, 2.05) is 13.8 Å². The first-order valence-electron chi connectivity index (χ1n) is 6.94. The van der Waals surface area contributed by atoms with E-state index in [0.717, 1.165) is 0 Å². The van der Waals surface area contributed by atoms with Crippen molar-refractivity contribution in [1.29, 1.82) is 0 Å². The van der Waals surface area contributed by atoms with Crippen molar-refractivity contribution >= 4 is 17.7 Å². The molecule has 1 heterocycles. The lowest BCUT2D eigenvalue weighted by atomic mass is 10.0. The normalized spacial score (nSPS) is 11.7. The van der Waals surface area contributed by atoms with Gasteiger partial charge in [0.1, 0.15) is 12.2 Å². The maximum atomic E-state index is 11.9. The molecule has 0 saturated carbocycles. The molecule has 1 aromatic heterocycles. The Kier molecular flexibility index (Phi) is 6.91. The first kappa shape index (κ1) is 18.3. The van der Waals surface area contributed by atoms with Crippen LogP contribution in [-0.4, -0.2) is 41.5 Å². The lowest BCUT2D eigenvalue weighted by Gasteiger charge is -2.18. The fourth-order valence-corrected chi connectivity index (χ4v) is 1.84. The van der Waals surface area contributed by atoms with Crippen molar-refractivity contribution < 1.29 is 24.0 Å². The van der Waals surface area contributed by atoms with Crippen molar-refractivity contribution in [2.45, 2.75) is 26.3 Å². The number of carbonyl (C=O) groups excluding carboxylic acids is 2. The van der Waals surface area contributed by atoms with Crippen LogP contribution in [0, 0.1) is 16.0 Å². The second-order valence-electron chi connectivity index (χ2n) is 5.14. The number of amides is 1. The van der Waals surface area contributed by atoms with Crippen LogP contribution < -0.4 is 10.1 Å². The summed E-state index contributed by atoms with van der Waals surface area (Å²) in [6.45, 7) is 3.33. The predicted octanol–water partition coefficient (Wildman–Crippen LogP) is 1.07. The van der Waals surface area contributed by atoms with Crippen molar-refractivity contribution in [3.05, 3.63) is 28.4 Å². The predicted molar refractivity (Wildman–Crippen MR) is 79.8 cm³/mol. The largest absolute Gasteiger partial charge is 0.476 e. The molecule has 0 aliphatic carbocycles. The minimum absolute atomic E-state index is 0.119. The van der Waals surface area contributed by atoms with Gasteiger partial charge in [-0.2, -0.15) is 0 Å². The average molecular weight is 325 g/mol. The third-order valence-corrected chi connectivity index (χ3v) is 2.81. The van der Waals surface area contributed by atoms with Gasteiger partial charge in [0.2, 0.25) is 5.75 Å². The van der Waals surface area contributed by atoms with Crippen LogP contribution in [0.4, 0.5) is 5.82 Å². The third-order valence-electron chi connectivity index (χ3n) is 2.81. The summed E-state index contributed by atoms with van der Waals surface area (Å²) < 4.78 is 9.74. The number of nitrogens with one attached hydrogen (secondary N) is 1. The Morgan fingerprint density at radius 2 is 2.13 bits per heavy atom. The topological polar surface area (TPSA) is 121 Å². The van der Waals surface area contributed by atoms with E-state index in [2.05, 4.69) is 15.0 Å². The second-order valence-corrected chi connectivity index (χ2v) is 5.14. The number of methoxy groups -OCH3 is 1. The van der Waals surface area contributed by atoms with Gasteiger partial charge in [0.15, 0.2) is 6.61 Å². The van der Waals surface area contributed by atoms with E-state index >= 15 is 0 Å². The van der Waals surface area contributed by atoms with Gasteiger partial charge in [0.05, 0.1) is 7.11 Å². The molecule has 1 rings (SSSR count). The fraction of sp³-hybridized carbons (Fsp3) is 0.500. The monoisotopic (exact) mass is 325 g/mol. The Hall–Kier alpha value is -2.71. The van der Waals surface area contributed by atoms with Crippen molar-refractivity contribution in [1.82, 2.24) is 10.3 Å². The van der Waals surface area contributed by atoms with E-state index < -0.39 is 35.3 Å². The zero-order valence-electron chi connectivity index (χ0n) is 13.1. The smallest absolute Gasteiger partial charge is 0.406 e. The lowest BCUT2D eigenvalue weighted by molar-refractivity contribution is -0.390. The lowest BCUT2D eigenvalue weighted by Crippen LogP contribution is -2.44. The van der Waals surface area contributed by atoms with Crippen molar-refractivity contribution in [3.63, 3.8) is 0 Å². The maximum Gasteiger partial charge on any atom is 0.406 e. The molecule has 9 nitrogen and oxygen atoms in total. The quantitative estimate of drug-likeness (QED) is 0.431. The second kappa shape index (κ2) is 8.66. The molecule has 1 aromatic rings. The Bertz CT molecular complexity index is 575. The van der Waals surface area contributed by atoms with Gasteiger partial charge in [-0.05, 0) is 34.4 Å². The van der Waals surface area contributed by atoms with Crippen molar-refractivity contribution in [3.8, 4) is 5.75 Å². The minimum Gasteiger partial charge on any atom is -0.476 e. The molecule has 0 fully saturated rings. The Balaban J connectivity index is 2.65. The molecule has 1 amide bonds. The Morgan fingerprint density at radius 3 is 2.70 bits per heavy atom. The Morgan fingerprint density at radius 1 is 1.43 bits per heavy atom. The average Bonchev–Trinajstić information content (AvgIpc) is 2.51. The Labute approximate surface area is 133 Å². The molecule has 0 radical (unpaired) electrons. The molecule has 0 aliphatic rings. The molecule has 0 unspecified atom stereocenters. The summed E-state index contributed by atoms with van der Waals surface area (Å²) in [5.74, 6) is -1.57. The first-order chi connectivity index (χ1) is 10.8. The molecule has 9 heteroatoms.